The Morgan fingerprint density at radius 1 is 1.06 bits per heavy atom. The lowest BCUT2D eigenvalue weighted by molar-refractivity contribution is -0.135. The van der Waals surface area contributed by atoms with Gasteiger partial charge in [0.1, 0.15) is 12.4 Å². The topological polar surface area (TPSA) is 67.9 Å². The maximum Gasteiger partial charge on any atom is 0.244 e. The van der Waals surface area contributed by atoms with E-state index in [1.54, 1.807) is 43.5 Å². The first-order valence-electron chi connectivity index (χ1n) is 10.2. The van der Waals surface area contributed by atoms with Crippen LogP contribution in [-0.4, -0.2) is 37.5 Å². The Kier molecular flexibility index (Phi) is 6.65. The number of fused-ring (bicyclic) bond motifs is 1. The Labute approximate surface area is 199 Å². The number of ether oxygens (including phenoxy) is 2. The average molecular weight is 513 g/mol. The standard InChI is InChI=1S/C25H22BrFN2O4/c1-32-21-10-3-15(11-22(21)33-2)12-24(31)29-14-23(30)28-20-9-6-17(26)13-19(20)25(29)16-4-7-18(27)8-5-16/h3-11,13,25H,12,14H2,1-2H3,(H,28,30)/t25-/m0/s1. The van der Waals surface area contributed by atoms with E-state index in [4.69, 9.17) is 9.47 Å². The van der Waals surface area contributed by atoms with Crippen LogP contribution >= 0.6 is 15.9 Å². The smallest absolute Gasteiger partial charge is 0.244 e. The average Bonchev–Trinajstić information content (AvgIpc) is 2.95. The van der Waals surface area contributed by atoms with Gasteiger partial charge in [0, 0.05) is 15.7 Å². The summed E-state index contributed by atoms with van der Waals surface area (Å²) in [7, 11) is 3.07. The molecule has 0 saturated carbocycles. The molecule has 1 aliphatic heterocycles. The quantitative estimate of drug-likeness (QED) is 0.537. The van der Waals surface area contributed by atoms with Crippen molar-refractivity contribution in [2.24, 2.45) is 0 Å². The Morgan fingerprint density at radius 2 is 1.79 bits per heavy atom. The molecule has 170 valence electrons. The lowest BCUT2D eigenvalue weighted by Gasteiger charge is -2.31. The first-order chi connectivity index (χ1) is 15.9. The lowest BCUT2D eigenvalue weighted by atomic mass is 9.95. The molecular weight excluding hydrogens is 491 g/mol. The molecule has 8 heteroatoms. The fourth-order valence-electron chi connectivity index (χ4n) is 3.98. The molecule has 0 bridgehead atoms. The number of carbonyl (C=O) groups is 2. The molecule has 0 aromatic heterocycles. The first-order valence-corrected chi connectivity index (χ1v) is 11.0. The lowest BCUT2D eigenvalue weighted by Crippen LogP contribution is -2.39. The summed E-state index contributed by atoms with van der Waals surface area (Å²) in [5.41, 5.74) is 2.77. The van der Waals surface area contributed by atoms with E-state index < -0.39 is 6.04 Å². The minimum Gasteiger partial charge on any atom is -0.493 e. The van der Waals surface area contributed by atoms with E-state index in [2.05, 4.69) is 21.2 Å². The maximum absolute atomic E-state index is 13.7. The third-order valence-electron chi connectivity index (χ3n) is 5.52. The number of nitrogens with one attached hydrogen (secondary N) is 1. The van der Waals surface area contributed by atoms with Crippen molar-refractivity contribution in [3.8, 4) is 11.5 Å². The summed E-state index contributed by atoms with van der Waals surface area (Å²) in [6, 6.07) is 16.1. The molecule has 1 heterocycles. The Hall–Kier alpha value is -3.39. The van der Waals surface area contributed by atoms with Gasteiger partial charge in [0.05, 0.1) is 26.7 Å². The van der Waals surface area contributed by atoms with Gasteiger partial charge >= 0.3 is 0 Å². The number of hydrogen-bond donors (Lipinski definition) is 1. The normalized spacial score (nSPS) is 15.3. The molecule has 33 heavy (non-hydrogen) atoms. The van der Waals surface area contributed by atoms with Crippen LogP contribution in [0.1, 0.15) is 22.7 Å². The maximum atomic E-state index is 13.7. The molecule has 0 saturated heterocycles. The molecule has 1 N–H and O–H groups in total. The minimum absolute atomic E-state index is 0.0503. The molecule has 0 unspecified atom stereocenters. The first kappa shape index (κ1) is 22.8. The van der Waals surface area contributed by atoms with E-state index in [9.17, 15) is 14.0 Å². The fourth-order valence-corrected chi connectivity index (χ4v) is 4.36. The van der Waals surface area contributed by atoms with E-state index in [1.807, 2.05) is 12.1 Å². The van der Waals surface area contributed by atoms with Crippen molar-refractivity contribution >= 4 is 33.4 Å². The molecule has 3 aromatic carbocycles. The summed E-state index contributed by atoms with van der Waals surface area (Å²) < 4.78 is 25.1. The molecule has 1 atom stereocenters. The number of anilines is 1. The molecule has 0 aliphatic carbocycles. The summed E-state index contributed by atoms with van der Waals surface area (Å²) in [5, 5.41) is 2.88. The van der Waals surface area contributed by atoms with E-state index in [-0.39, 0.29) is 30.6 Å². The Morgan fingerprint density at radius 3 is 2.48 bits per heavy atom. The molecular formula is C25H22BrFN2O4. The van der Waals surface area contributed by atoms with E-state index >= 15 is 0 Å². The highest BCUT2D eigenvalue weighted by molar-refractivity contribution is 9.10. The zero-order chi connectivity index (χ0) is 23.5. The van der Waals surface area contributed by atoms with Gasteiger partial charge in [-0.25, -0.2) is 4.39 Å². The van der Waals surface area contributed by atoms with Crippen LogP contribution in [0.15, 0.2) is 65.1 Å². The van der Waals surface area contributed by atoms with Gasteiger partial charge in [0.15, 0.2) is 11.5 Å². The molecule has 3 aromatic rings. The zero-order valence-electron chi connectivity index (χ0n) is 18.1. The summed E-state index contributed by atoms with van der Waals surface area (Å²) in [4.78, 5) is 27.8. The predicted octanol–water partition coefficient (Wildman–Crippen LogP) is 4.72. The molecule has 0 spiro atoms. The van der Waals surface area contributed by atoms with Gasteiger partial charge in [-0.3, -0.25) is 9.59 Å². The van der Waals surface area contributed by atoms with Crippen molar-refractivity contribution in [2.45, 2.75) is 12.5 Å². The van der Waals surface area contributed by atoms with Gasteiger partial charge in [0.2, 0.25) is 11.8 Å². The van der Waals surface area contributed by atoms with Gasteiger partial charge in [-0.15, -0.1) is 0 Å². The number of halogens is 2. The highest BCUT2D eigenvalue weighted by atomic mass is 79.9. The van der Waals surface area contributed by atoms with Crippen LogP contribution in [0.5, 0.6) is 11.5 Å². The van der Waals surface area contributed by atoms with Gasteiger partial charge in [-0.1, -0.05) is 34.1 Å². The zero-order valence-corrected chi connectivity index (χ0v) is 19.7. The predicted molar refractivity (Wildman–Crippen MR) is 126 cm³/mol. The van der Waals surface area contributed by atoms with E-state index in [1.165, 1.54) is 24.1 Å². The number of nitrogens with zero attached hydrogens (tertiary/aromatic N) is 1. The molecule has 0 radical (unpaired) electrons. The van der Waals surface area contributed by atoms with Gasteiger partial charge in [-0.2, -0.15) is 0 Å². The van der Waals surface area contributed by atoms with Gasteiger partial charge in [0.25, 0.3) is 0 Å². The number of amides is 2. The van der Waals surface area contributed by atoms with Crippen LogP contribution in [0.2, 0.25) is 0 Å². The van der Waals surface area contributed by atoms with E-state index in [0.29, 0.717) is 22.7 Å². The van der Waals surface area contributed by atoms with Crippen LogP contribution in [0.4, 0.5) is 10.1 Å². The molecule has 0 fully saturated rings. The third-order valence-corrected chi connectivity index (χ3v) is 6.01. The molecule has 2 amide bonds. The van der Waals surface area contributed by atoms with Crippen molar-refractivity contribution in [2.75, 3.05) is 26.1 Å². The largest absolute Gasteiger partial charge is 0.493 e. The number of rotatable bonds is 5. The van der Waals surface area contributed by atoms with Crippen molar-refractivity contribution in [1.29, 1.82) is 0 Å². The molecule has 6 nitrogen and oxygen atoms in total. The minimum atomic E-state index is -0.579. The van der Waals surface area contributed by atoms with Crippen molar-refractivity contribution in [3.63, 3.8) is 0 Å². The van der Waals surface area contributed by atoms with Crippen molar-refractivity contribution in [3.05, 3.63) is 87.6 Å². The van der Waals surface area contributed by atoms with Crippen molar-refractivity contribution in [1.82, 2.24) is 4.90 Å². The second-order valence-corrected chi connectivity index (χ2v) is 8.54. The van der Waals surface area contributed by atoms with Crippen LogP contribution in [0.3, 0.4) is 0 Å². The summed E-state index contributed by atoms with van der Waals surface area (Å²) in [5.74, 6) is 0.147. The van der Waals surface area contributed by atoms with Crippen LogP contribution in [0.25, 0.3) is 0 Å². The monoisotopic (exact) mass is 512 g/mol. The van der Waals surface area contributed by atoms with E-state index in [0.717, 1.165) is 15.6 Å². The highest BCUT2D eigenvalue weighted by Gasteiger charge is 2.33. The summed E-state index contributed by atoms with van der Waals surface area (Å²) >= 11 is 3.48. The molecule has 4 rings (SSSR count). The second-order valence-electron chi connectivity index (χ2n) is 7.62. The van der Waals surface area contributed by atoms with Crippen LogP contribution < -0.4 is 14.8 Å². The van der Waals surface area contributed by atoms with Crippen LogP contribution in [0, 0.1) is 5.82 Å². The Bertz CT molecular complexity index is 1200. The van der Waals surface area contributed by atoms with Gasteiger partial charge in [-0.05, 0) is 53.6 Å². The molecule has 1 aliphatic rings. The summed E-state index contributed by atoms with van der Waals surface area (Å²) in [6.07, 6.45) is 0.0503. The summed E-state index contributed by atoms with van der Waals surface area (Å²) in [6.45, 7) is -0.138. The fraction of sp³-hybridized carbons (Fsp3) is 0.200. The second kappa shape index (κ2) is 9.62. The number of benzene rings is 3. The Balaban J connectivity index is 1.76. The SMILES string of the molecule is COc1ccc(CC(=O)N2CC(=O)Nc3ccc(Br)cc3[C@@H]2c2ccc(F)cc2)cc1OC. The highest BCUT2D eigenvalue weighted by Crippen LogP contribution is 2.38. The number of carbonyl (C=O) groups excluding carboxylic acids is 2. The van der Waals surface area contributed by atoms with Gasteiger partial charge < -0.3 is 19.7 Å². The third kappa shape index (κ3) is 4.85. The van der Waals surface area contributed by atoms with Crippen molar-refractivity contribution < 1.29 is 23.5 Å². The number of methoxy groups -OCH3 is 2. The number of hydrogen-bond acceptors (Lipinski definition) is 4. The van der Waals surface area contributed by atoms with Crippen LogP contribution in [-0.2, 0) is 16.0 Å².